The first-order valence-corrected chi connectivity index (χ1v) is 8.49. The van der Waals surface area contributed by atoms with Gasteiger partial charge in [-0.2, -0.15) is 4.98 Å². The highest BCUT2D eigenvalue weighted by molar-refractivity contribution is 5.96. The minimum Gasteiger partial charge on any atom is -0.385 e. The van der Waals surface area contributed by atoms with Crippen molar-refractivity contribution in [2.45, 2.75) is 45.4 Å². The van der Waals surface area contributed by atoms with Crippen LogP contribution in [0.1, 0.15) is 52.8 Å². The van der Waals surface area contributed by atoms with E-state index in [4.69, 9.17) is 13.8 Å². The predicted molar refractivity (Wildman–Crippen MR) is 88.3 cm³/mol. The molecule has 1 fully saturated rings. The van der Waals surface area contributed by atoms with E-state index in [1.54, 1.807) is 27.9 Å². The van der Waals surface area contributed by atoms with Crippen LogP contribution in [0.25, 0.3) is 0 Å². The van der Waals surface area contributed by atoms with Gasteiger partial charge in [-0.25, -0.2) is 0 Å². The molecule has 8 nitrogen and oxygen atoms in total. The van der Waals surface area contributed by atoms with Crippen LogP contribution in [0.5, 0.6) is 0 Å². The molecule has 0 spiro atoms. The Kier molecular flexibility index (Phi) is 4.89. The maximum atomic E-state index is 12.8. The summed E-state index contributed by atoms with van der Waals surface area (Å²) in [4.78, 5) is 19.1. The summed E-state index contributed by atoms with van der Waals surface area (Å²) >= 11 is 0. The van der Waals surface area contributed by atoms with Crippen LogP contribution in [0.4, 0.5) is 0 Å². The molecule has 0 bridgehead atoms. The molecule has 0 aliphatic carbocycles. The van der Waals surface area contributed by atoms with Gasteiger partial charge in [-0.15, -0.1) is 0 Å². The zero-order valence-corrected chi connectivity index (χ0v) is 15.2. The van der Waals surface area contributed by atoms with E-state index in [9.17, 15) is 4.79 Å². The monoisotopic (exact) mass is 348 g/mol. The Morgan fingerprint density at radius 3 is 2.44 bits per heavy atom. The normalized spacial score (nSPS) is 17.0. The molecule has 1 aliphatic rings. The van der Waals surface area contributed by atoms with Gasteiger partial charge in [0.1, 0.15) is 11.3 Å². The van der Waals surface area contributed by atoms with E-state index in [0.717, 1.165) is 19.3 Å². The van der Waals surface area contributed by atoms with Gasteiger partial charge in [0.2, 0.25) is 5.89 Å². The first-order valence-electron chi connectivity index (χ1n) is 8.49. The summed E-state index contributed by atoms with van der Waals surface area (Å²) < 4.78 is 15.6. The molecule has 0 saturated carbocycles. The fourth-order valence-corrected chi connectivity index (χ4v) is 3.48. The zero-order chi connectivity index (χ0) is 18.0. The van der Waals surface area contributed by atoms with Gasteiger partial charge in [0.15, 0.2) is 5.82 Å². The Hall–Kier alpha value is -2.22. The number of methoxy groups -OCH3 is 1. The molecule has 25 heavy (non-hydrogen) atoms. The van der Waals surface area contributed by atoms with Gasteiger partial charge < -0.3 is 18.7 Å². The molecule has 0 radical (unpaired) electrons. The molecule has 3 heterocycles. The van der Waals surface area contributed by atoms with Gasteiger partial charge in [0.05, 0.1) is 5.69 Å². The standard InChI is InChI=1S/C17H24N4O4/c1-11-14(12(2)24-19-11)15(22)21-8-5-17(6-9-21,7-10-23-4)16-18-13(3)25-20-16/h5-10H2,1-4H3. The van der Waals surface area contributed by atoms with Crippen molar-refractivity contribution in [1.82, 2.24) is 20.2 Å². The second-order valence-corrected chi connectivity index (χ2v) is 6.65. The lowest BCUT2D eigenvalue weighted by Gasteiger charge is -2.39. The van der Waals surface area contributed by atoms with Gasteiger partial charge in [0.25, 0.3) is 5.91 Å². The second kappa shape index (κ2) is 6.95. The van der Waals surface area contributed by atoms with Crippen molar-refractivity contribution in [2.24, 2.45) is 0 Å². The summed E-state index contributed by atoms with van der Waals surface area (Å²) in [5.41, 5.74) is 0.982. The molecule has 0 aromatic carbocycles. The van der Waals surface area contributed by atoms with E-state index in [0.29, 0.717) is 48.4 Å². The molecule has 0 N–H and O–H groups in total. The maximum absolute atomic E-state index is 12.8. The molecule has 0 unspecified atom stereocenters. The number of carbonyl (C=O) groups excluding carboxylic acids is 1. The lowest BCUT2D eigenvalue weighted by molar-refractivity contribution is 0.0614. The lowest BCUT2D eigenvalue weighted by Crippen LogP contribution is -2.46. The van der Waals surface area contributed by atoms with Crippen molar-refractivity contribution in [1.29, 1.82) is 0 Å². The Bertz CT molecular complexity index is 724. The topological polar surface area (TPSA) is 94.5 Å². The van der Waals surface area contributed by atoms with E-state index in [1.807, 2.05) is 4.90 Å². The van der Waals surface area contributed by atoms with Crippen LogP contribution >= 0.6 is 0 Å². The molecule has 1 amide bonds. The number of piperidine rings is 1. The van der Waals surface area contributed by atoms with Gasteiger partial charge in [-0.3, -0.25) is 4.79 Å². The fourth-order valence-electron chi connectivity index (χ4n) is 3.48. The SMILES string of the molecule is COCCC1(c2noc(C)n2)CCN(C(=O)c2c(C)noc2C)CC1. The average Bonchev–Trinajstić information content (AvgIpc) is 3.19. The molecule has 1 aliphatic heterocycles. The van der Waals surface area contributed by atoms with Gasteiger partial charge in [-0.05, 0) is 33.1 Å². The molecular weight excluding hydrogens is 324 g/mol. The largest absolute Gasteiger partial charge is 0.385 e. The zero-order valence-electron chi connectivity index (χ0n) is 15.2. The van der Waals surface area contributed by atoms with Crippen molar-refractivity contribution in [3.05, 3.63) is 28.7 Å². The maximum Gasteiger partial charge on any atom is 0.259 e. The number of likely N-dealkylation sites (tertiary alicyclic amines) is 1. The first kappa shape index (κ1) is 17.6. The highest BCUT2D eigenvalue weighted by atomic mass is 16.5. The Morgan fingerprint density at radius 1 is 1.20 bits per heavy atom. The second-order valence-electron chi connectivity index (χ2n) is 6.65. The molecule has 2 aromatic rings. The number of aryl methyl sites for hydroxylation is 3. The molecular formula is C17H24N4O4. The van der Waals surface area contributed by atoms with Crippen LogP contribution in [0.2, 0.25) is 0 Å². The summed E-state index contributed by atoms with van der Waals surface area (Å²) in [6, 6.07) is 0. The Labute approximate surface area is 146 Å². The van der Waals surface area contributed by atoms with Crippen molar-refractivity contribution in [2.75, 3.05) is 26.8 Å². The van der Waals surface area contributed by atoms with Crippen molar-refractivity contribution >= 4 is 5.91 Å². The minimum atomic E-state index is -0.219. The van der Waals surface area contributed by atoms with Crippen LogP contribution in [-0.4, -0.2) is 52.9 Å². The smallest absolute Gasteiger partial charge is 0.259 e. The van der Waals surface area contributed by atoms with Gasteiger partial charge in [-0.1, -0.05) is 10.3 Å². The summed E-state index contributed by atoms with van der Waals surface area (Å²) in [5.74, 6) is 1.81. The van der Waals surface area contributed by atoms with Crippen LogP contribution in [0.3, 0.4) is 0 Å². The van der Waals surface area contributed by atoms with Crippen molar-refractivity contribution in [3.8, 4) is 0 Å². The summed E-state index contributed by atoms with van der Waals surface area (Å²) in [7, 11) is 1.69. The van der Waals surface area contributed by atoms with E-state index in [-0.39, 0.29) is 11.3 Å². The van der Waals surface area contributed by atoms with Gasteiger partial charge >= 0.3 is 0 Å². The van der Waals surface area contributed by atoms with E-state index in [2.05, 4.69) is 15.3 Å². The summed E-state index contributed by atoms with van der Waals surface area (Å²) in [6.45, 7) is 7.21. The van der Waals surface area contributed by atoms with Crippen LogP contribution in [0.15, 0.2) is 9.05 Å². The predicted octanol–water partition coefficient (Wildman–Crippen LogP) is 2.19. The number of ether oxygens (including phenoxy) is 1. The third kappa shape index (κ3) is 3.30. The van der Waals surface area contributed by atoms with Gasteiger partial charge in [0, 0.05) is 39.1 Å². The number of hydrogen-bond donors (Lipinski definition) is 0. The molecule has 2 aromatic heterocycles. The van der Waals surface area contributed by atoms with Crippen LogP contribution in [-0.2, 0) is 10.2 Å². The number of carbonyl (C=O) groups is 1. The Balaban J connectivity index is 1.77. The fraction of sp³-hybridized carbons (Fsp3) is 0.647. The van der Waals surface area contributed by atoms with Crippen LogP contribution in [0, 0.1) is 20.8 Å². The summed E-state index contributed by atoms with van der Waals surface area (Å²) in [6.07, 6.45) is 2.34. The Morgan fingerprint density at radius 2 is 1.92 bits per heavy atom. The van der Waals surface area contributed by atoms with Crippen molar-refractivity contribution < 1.29 is 18.6 Å². The molecule has 1 saturated heterocycles. The van der Waals surface area contributed by atoms with E-state index >= 15 is 0 Å². The quantitative estimate of drug-likeness (QED) is 0.817. The molecule has 0 atom stereocenters. The third-order valence-corrected chi connectivity index (χ3v) is 5.04. The number of aromatic nitrogens is 3. The highest BCUT2D eigenvalue weighted by Crippen LogP contribution is 2.37. The van der Waals surface area contributed by atoms with Crippen LogP contribution < -0.4 is 0 Å². The summed E-state index contributed by atoms with van der Waals surface area (Å²) in [5, 5.41) is 8.02. The van der Waals surface area contributed by atoms with E-state index < -0.39 is 0 Å². The molecule has 8 heteroatoms. The molecule has 136 valence electrons. The third-order valence-electron chi connectivity index (χ3n) is 5.04. The number of hydrogen-bond acceptors (Lipinski definition) is 7. The average molecular weight is 348 g/mol. The minimum absolute atomic E-state index is 0.0270. The van der Waals surface area contributed by atoms with Crippen molar-refractivity contribution in [3.63, 3.8) is 0 Å². The lowest BCUT2D eigenvalue weighted by atomic mass is 9.75. The van der Waals surface area contributed by atoms with E-state index in [1.165, 1.54) is 0 Å². The first-order chi connectivity index (χ1) is 12.0. The highest BCUT2D eigenvalue weighted by Gasteiger charge is 2.41. The molecule has 3 rings (SSSR count). The number of nitrogens with zero attached hydrogens (tertiary/aromatic N) is 4. The number of amides is 1. The number of rotatable bonds is 5.